The van der Waals surface area contributed by atoms with E-state index in [1.807, 2.05) is 0 Å². The number of halogens is 1. The lowest BCUT2D eigenvalue weighted by Gasteiger charge is -2.14. The Labute approximate surface area is 146 Å². The van der Waals surface area contributed by atoms with E-state index in [-0.39, 0.29) is 24.0 Å². The molecule has 0 atom stereocenters. The minimum absolute atomic E-state index is 0. The molecule has 0 radical (unpaired) electrons. The van der Waals surface area contributed by atoms with Gasteiger partial charge in [-0.05, 0) is 37.9 Å². The number of nitrogens with zero attached hydrogens (tertiary/aromatic N) is 1. The van der Waals surface area contributed by atoms with Crippen molar-refractivity contribution < 1.29 is 9.72 Å². The van der Waals surface area contributed by atoms with Gasteiger partial charge in [-0.2, -0.15) is 0 Å². The minimum Gasteiger partial charge on any atom is -0.377 e. The van der Waals surface area contributed by atoms with Crippen LogP contribution in [-0.2, 0) is 0 Å². The van der Waals surface area contributed by atoms with Gasteiger partial charge in [-0.15, -0.1) is 12.4 Å². The van der Waals surface area contributed by atoms with Gasteiger partial charge in [-0.1, -0.05) is 11.6 Å². The summed E-state index contributed by atoms with van der Waals surface area (Å²) in [5.41, 5.74) is 1.92. The molecule has 24 heavy (non-hydrogen) atoms. The van der Waals surface area contributed by atoms with Crippen LogP contribution in [0.5, 0.6) is 0 Å². The molecular weight excluding hydrogens is 332 g/mol. The molecule has 1 aromatic rings. The second-order valence-corrected chi connectivity index (χ2v) is 5.91. The first-order valence-electron chi connectivity index (χ1n) is 7.85. The van der Waals surface area contributed by atoms with Crippen molar-refractivity contribution in [3.8, 4) is 0 Å². The van der Waals surface area contributed by atoms with Crippen LogP contribution < -0.4 is 16.0 Å². The number of benzene rings is 1. The Bertz CT molecular complexity index is 659. The van der Waals surface area contributed by atoms with E-state index in [2.05, 4.69) is 22.0 Å². The highest BCUT2D eigenvalue weighted by atomic mass is 35.5. The van der Waals surface area contributed by atoms with E-state index in [4.69, 9.17) is 0 Å². The monoisotopic (exact) mass is 352 g/mol. The van der Waals surface area contributed by atoms with Crippen LogP contribution in [0, 0.1) is 10.1 Å². The summed E-state index contributed by atoms with van der Waals surface area (Å²) in [5, 5.41) is 20.4. The molecule has 0 unspecified atom stereocenters. The van der Waals surface area contributed by atoms with Gasteiger partial charge in [0, 0.05) is 30.8 Å². The molecule has 1 fully saturated rings. The van der Waals surface area contributed by atoms with Crippen LogP contribution >= 0.6 is 12.4 Å². The Kier molecular flexibility index (Phi) is 6.16. The van der Waals surface area contributed by atoms with Gasteiger partial charge in [0.25, 0.3) is 11.6 Å². The molecule has 1 amide bonds. The highest BCUT2D eigenvalue weighted by Crippen LogP contribution is 2.31. The largest absolute Gasteiger partial charge is 0.377 e. The van der Waals surface area contributed by atoms with Crippen LogP contribution in [0.25, 0.3) is 0 Å². The zero-order chi connectivity index (χ0) is 16.2. The van der Waals surface area contributed by atoms with Crippen LogP contribution in [0.2, 0.25) is 0 Å². The number of nitrogens with one attached hydrogen (secondary N) is 3. The maximum atomic E-state index is 12.2. The van der Waals surface area contributed by atoms with Crippen molar-refractivity contribution in [1.29, 1.82) is 0 Å². The highest BCUT2D eigenvalue weighted by Gasteiger charge is 2.25. The Balaban J connectivity index is 0.00000208. The molecule has 7 nitrogen and oxygen atoms in total. The van der Waals surface area contributed by atoms with Gasteiger partial charge in [0.1, 0.15) is 5.69 Å². The van der Waals surface area contributed by atoms with Gasteiger partial charge in [-0.3, -0.25) is 14.9 Å². The van der Waals surface area contributed by atoms with Crippen LogP contribution in [0.4, 0.5) is 11.4 Å². The van der Waals surface area contributed by atoms with Crippen molar-refractivity contribution in [3.05, 3.63) is 45.5 Å². The van der Waals surface area contributed by atoms with E-state index in [1.54, 1.807) is 12.1 Å². The molecule has 1 aliphatic heterocycles. The molecule has 8 heteroatoms. The lowest BCUT2D eigenvalue weighted by atomic mass is 10.1. The average molecular weight is 353 g/mol. The van der Waals surface area contributed by atoms with E-state index in [0.29, 0.717) is 23.8 Å². The molecule has 1 aliphatic carbocycles. The molecule has 3 N–H and O–H groups in total. The van der Waals surface area contributed by atoms with E-state index in [1.165, 1.54) is 11.6 Å². The number of amides is 1. The number of rotatable bonds is 6. The van der Waals surface area contributed by atoms with Crippen molar-refractivity contribution in [3.63, 3.8) is 0 Å². The number of hydrogen-bond acceptors (Lipinski definition) is 5. The Morgan fingerprint density at radius 1 is 1.38 bits per heavy atom. The zero-order valence-corrected chi connectivity index (χ0v) is 14.0. The van der Waals surface area contributed by atoms with E-state index in [9.17, 15) is 14.9 Å². The topological polar surface area (TPSA) is 96.3 Å². The fourth-order valence-corrected chi connectivity index (χ4v) is 2.52. The summed E-state index contributed by atoms with van der Waals surface area (Å²) >= 11 is 0. The molecule has 0 bridgehead atoms. The highest BCUT2D eigenvalue weighted by molar-refractivity contribution is 5.95. The van der Waals surface area contributed by atoms with E-state index < -0.39 is 4.92 Å². The Hall–Kier alpha value is -2.12. The standard InChI is InChI=1S/C16H20N4O3.ClH/c21-16(18-10-11-5-7-17-8-6-11)12-1-4-14(19-13-2-3-13)15(9-12)20(22)23;/h1,4-5,9,13,17,19H,2-3,6-8,10H2,(H,18,21);1H. The quantitative estimate of drug-likeness (QED) is 0.414. The molecule has 0 spiro atoms. The normalized spacial score (nSPS) is 16.6. The molecular formula is C16H21ClN4O3. The fraction of sp³-hybridized carbons (Fsp3) is 0.438. The minimum atomic E-state index is -0.448. The fourth-order valence-electron chi connectivity index (χ4n) is 2.52. The zero-order valence-electron chi connectivity index (χ0n) is 13.2. The predicted octanol–water partition coefficient (Wildman–Crippen LogP) is 2.24. The van der Waals surface area contributed by atoms with Gasteiger partial charge in [0.15, 0.2) is 0 Å². The van der Waals surface area contributed by atoms with Crippen molar-refractivity contribution in [2.24, 2.45) is 0 Å². The van der Waals surface area contributed by atoms with Crippen LogP contribution in [0.15, 0.2) is 29.8 Å². The number of nitro benzene ring substituents is 1. The summed E-state index contributed by atoms with van der Waals surface area (Å²) < 4.78 is 0. The number of carbonyl (C=O) groups excluding carboxylic acids is 1. The second kappa shape index (κ2) is 8.12. The molecule has 1 saturated carbocycles. The number of hydrogen-bond donors (Lipinski definition) is 3. The van der Waals surface area contributed by atoms with Crippen LogP contribution in [0.3, 0.4) is 0 Å². The third kappa shape index (κ3) is 4.69. The number of anilines is 1. The van der Waals surface area contributed by atoms with Crippen molar-refractivity contribution in [2.75, 3.05) is 25.0 Å². The molecule has 1 heterocycles. The SMILES string of the molecule is Cl.O=C(NCC1=CCNCC1)c1ccc(NC2CC2)c([N+](=O)[O-])c1. The van der Waals surface area contributed by atoms with Gasteiger partial charge in [-0.25, -0.2) is 0 Å². The third-order valence-corrected chi connectivity index (χ3v) is 4.03. The lowest BCUT2D eigenvalue weighted by molar-refractivity contribution is -0.384. The maximum absolute atomic E-state index is 12.2. The van der Waals surface area contributed by atoms with Gasteiger partial charge < -0.3 is 16.0 Å². The van der Waals surface area contributed by atoms with Gasteiger partial charge >= 0.3 is 0 Å². The first-order valence-corrected chi connectivity index (χ1v) is 7.85. The van der Waals surface area contributed by atoms with Crippen molar-refractivity contribution >= 4 is 29.7 Å². The molecule has 2 aliphatic rings. The third-order valence-electron chi connectivity index (χ3n) is 4.03. The van der Waals surface area contributed by atoms with Gasteiger partial charge in [0.05, 0.1) is 4.92 Å². The molecule has 0 saturated heterocycles. The summed E-state index contributed by atoms with van der Waals surface area (Å²) in [6.07, 6.45) is 5.03. The Morgan fingerprint density at radius 2 is 2.17 bits per heavy atom. The maximum Gasteiger partial charge on any atom is 0.293 e. The first kappa shape index (κ1) is 18.2. The van der Waals surface area contributed by atoms with E-state index in [0.717, 1.165) is 32.4 Å². The Morgan fingerprint density at radius 3 is 2.79 bits per heavy atom. The summed E-state index contributed by atoms with van der Waals surface area (Å²) in [4.78, 5) is 23.0. The summed E-state index contributed by atoms with van der Waals surface area (Å²) in [6, 6.07) is 4.91. The molecule has 1 aromatic carbocycles. The molecule has 130 valence electrons. The summed E-state index contributed by atoms with van der Waals surface area (Å²) in [6.45, 7) is 2.21. The van der Waals surface area contributed by atoms with Crippen LogP contribution in [-0.4, -0.2) is 36.5 Å². The summed E-state index contributed by atoms with van der Waals surface area (Å²) in [5.74, 6) is -0.287. The van der Waals surface area contributed by atoms with Crippen molar-refractivity contribution in [2.45, 2.75) is 25.3 Å². The lowest BCUT2D eigenvalue weighted by Crippen LogP contribution is -2.29. The first-order chi connectivity index (χ1) is 11.1. The number of carbonyl (C=O) groups is 1. The van der Waals surface area contributed by atoms with Gasteiger partial charge in [0.2, 0.25) is 0 Å². The number of nitro groups is 1. The van der Waals surface area contributed by atoms with Crippen molar-refractivity contribution in [1.82, 2.24) is 10.6 Å². The smallest absolute Gasteiger partial charge is 0.293 e. The summed E-state index contributed by atoms with van der Waals surface area (Å²) in [7, 11) is 0. The predicted molar refractivity (Wildman–Crippen MR) is 94.9 cm³/mol. The molecule has 3 rings (SSSR count). The van der Waals surface area contributed by atoms with Crippen LogP contribution in [0.1, 0.15) is 29.6 Å². The molecule has 0 aromatic heterocycles. The average Bonchev–Trinajstić information content (AvgIpc) is 3.37. The van der Waals surface area contributed by atoms with E-state index >= 15 is 0 Å². The second-order valence-electron chi connectivity index (χ2n) is 5.91.